The first kappa shape index (κ1) is 14.1. The molecule has 0 aliphatic carbocycles. The van der Waals surface area contributed by atoms with E-state index in [1.165, 1.54) is 10.5 Å². The van der Waals surface area contributed by atoms with Crippen LogP contribution in [0.4, 0.5) is 5.69 Å². The fraction of sp³-hybridized carbons (Fsp3) is 0. The molecule has 7 heteroatoms. The number of nitro benzene ring substituents is 1. The third-order valence-corrected chi connectivity index (χ3v) is 4.84. The number of halogens is 1. The van der Waals surface area contributed by atoms with Gasteiger partial charge in [-0.3, -0.25) is 19.3 Å². The first-order chi connectivity index (χ1) is 12.1. The zero-order valence-corrected chi connectivity index (χ0v) is 13.3. The molecular formula is C18H8ClN3O3. The molecule has 0 amide bonds. The highest BCUT2D eigenvalue weighted by Crippen LogP contribution is 2.34. The van der Waals surface area contributed by atoms with Crippen molar-refractivity contribution in [2.45, 2.75) is 0 Å². The Kier molecular flexibility index (Phi) is 2.62. The number of para-hydroxylation sites is 1. The smallest absolute Gasteiger partial charge is 0.268 e. The third-order valence-electron chi connectivity index (χ3n) is 4.51. The predicted octanol–water partition coefficient (Wildman–Crippen LogP) is 4.15. The molecule has 5 rings (SSSR count). The molecular weight excluding hydrogens is 342 g/mol. The second-order valence-corrected chi connectivity index (χ2v) is 6.21. The van der Waals surface area contributed by atoms with Gasteiger partial charge in [-0.2, -0.15) is 0 Å². The summed E-state index contributed by atoms with van der Waals surface area (Å²) in [5.41, 5.74) is 0.537. The largest absolute Gasteiger partial charge is 0.295 e. The molecule has 0 radical (unpaired) electrons. The lowest BCUT2D eigenvalue weighted by atomic mass is 10.0. The molecule has 0 atom stereocenters. The maximum Gasteiger partial charge on any atom is 0.295 e. The summed E-state index contributed by atoms with van der Waals surface area (Å²) >= 11 is 6.27. The lowest BCUT2D eigenvalue weighted by Gasteiger charge is -2.08. The number of nitro groups is 1. The van der Waals surface area contributed by atoms with Crippen molar-refractivity contribution in [2.24, 2.45) is 0 Å². The molecule has 0 aliphatic rings. The standard InChI is InChI=1S/C18H8ClN3O3/c19-12-8-7-10-15-9(12)3-1-4-11(15)18(23)21-16-13(20-17(10)21)5-2-6-14(16)22(24)25/h1-8H. The van der Waals surface area contributed by atoms with Gasteiger partial charge < -0.3 is 0 Å². The van der Waals surface area contributed by atoms with E-state index >= 15 is 0 Å². The molecule has 0 unspecified atom stereocenters. The molecule has 2 aromatic heterocycles. The number of hydrogen-bond acceptors (Lipinski definition) is 4. The molecule has 0 saturated heterocycles. The Balaban J connectivity index is 2.20. The summed E-state index contributed by atoms with van der Waals surface area (Å²) in [5.74, 6) is 0. The number of fused-ring (bicyclic) bond motifs is 4. The maximum absolute atomic E-state index is 13.1. The van der Waals surface area contributed by atoms with Crippen LogP contribution in [0.3, 0.4) is 0 Å². The summed E-state index contributed by atoms with van der Waals surface area (Å²) in [4.78, 5) is 28.5. The Morgan fingerprint density at radius 3 is 2.56 bits per heavy atom. The topological polar surface area (TPSA) is 77.5 Å². The van der Waals surface area contributed by atoms with Gasteiger partial charge in [-0.25, -0.2) is 4.98 Å². The van der Waals surface area contributed by atoms with E-state index in [9.17, 15) is 14.9 Å². The second-order valence-electron chi connectivity index (χ2n) is 5.80. The second kappa shape index (κ2) is 4.64. The minimum absolute atomic E-state index is 0.144. The highest BCUT2D eigenvalue weighted by atomic mass is 35.5. The molecule has 6 nitrogen and oxygen atoms in total. The quantitative estimate of drug-likeness (QED) is 0.336. The van der Waals surface area contributed by atoms with Crippen molar-refractivity contribution in [3.05, 3.63) is 74.0 Å². The number of nitrogens with zero attached hydrogens (tertiary/aromatic N) is 3. The average Bonchev–Trinajstić information content (AvgIpc) is 3.00. The molecule has 0 fully saturated rings. The van der Waals surface area contributed by atoms with Crippen LogP contribution in [0, 0.1) is 10.1 Å². The maximum atomic E-state index is 13.1. The van der Waals surface area contributed by atoms with Crippen LogP contribution in [0.5, 0.6) is 0 Å². The van der Waals surface area contributed by atoms with Crippen molar-refractivity contribution in [2.75, 3.05) is 0 Å². The van der Waals surface area contributed by atoms with Crippen LogP contribution in [0.25, 0.3) is 38.2 Å². The number of rotatable bonds is 1. The molecule has 0 N–H and O–H groups in total. The minimum Gasteiger partial charge on any atom is -0.268 e. The SMILES string of the molecule is O=c1c2cccc3c(Cl)ccc(c32)c2nc3cccc([N+](=O)[O-])c3n12. The molecule has 0 bridgehead atoms. The van der Waals surface area contributed by atoms with Crippen molar-refractivity contribution in [3.8, 4) is 0 Å². The van der Waals surface area contributed by atoms with E-state index < -0.39 is 4.92 Å². The Hall–Kier alpha value is -3.25. The van der Waals surface area contributed by atoms with Gasteiger partial charge >= 0.3 is 0 Å². The van der Waals surface area contributed by atoms with E-state index in [0.29, 0.717) is 21.6 Å². The van der Waals surface area contributed by atoms with Crippen molar-refractivity contribution in [1.29, 1.82) is 0 Å². The highest BCUT2D eigenvalue weighted by Gasteiger charge is 2.22. The van der Waals surface area contributed by atoms with E-state index in [4.69, 9.17) is 11.6 Å². The third kappa shape index (κ3) is 1.69. The number of imidazole rings is 1. The Labute approximate surface area is 144 Å². The van der Waals surface area contributed by atoms with Gasteiger partial charge in [0.25, 0.3) is 11.2 Å². The van der Waals surface area contributed by atoms with Gasteiger partial charge in [-0.05, 0) is 24.3 Å². The van der Waals surface area contributed by atoms with E-state index in [-0.39, 0.29) is 16.8 Å². The van der Waals surface area contributed by atoms with Crippen molar-refractivity contribution in [3.63, 3.8) is 0 Å². The van der Waals surface area contributed by atoms with Crippen LogP contribution in [0.15, 0.2) is 53.3 Å². The van der Waals surface area contributed by atoms with Crippen LogP contribution in [0.1, 0.15) is 0 Å². The van der Waals surface area contributed by atoms with Gasteiger partial charge in [0.15, 0.2) is 5.52 Å². The van der Waals surface area contributed by atoms with Crippen LogP contribution >= 0.6 is 11.6 Å². The Morgan fingerprint density at radius 1 is 1.00 bits per heavy atom. The summed E-state index contributed by atoms with van der Waals surface area (Å²) in [5, 5.41) is 14.7. The van der Waals surface area contributed by atoms with Crippen LogP contribution in [0.2, 0.25) is 5.02 Å². The summed E-state index contributed by atoms with van der Waals surface area (Å²) in [6.45, 7) is 0. The molecule has 3 aromatic carbocycles. The van der Waals surface area contributed by atoms with Gasteiger partial charge in [0.05, 0.1) is 10.4 Å². The fourth-order valence-electron chi connectivity index (χ4n) is 3.49. The first-order valence-electron chi connectivity index (χ1n) is 7.50. The van der Waals surface area contributed by atoms with Gasteiger partial charge in [0.1, 0.15) is 5.65 Å². The zero-order valence-electron chi connectivity index (χ0n) is 12.6. The van der Waals surface area contributed by atoms with Crippen LogP contribution < -0.4 is 5.56 Å². The number of non-ortho nitro benzene ring substituents is 1. The van der Waals surface area contributed by atoms with Crippen molar-refractivity contribution >= 4 is 55.5 Å². The lowest BCUT2D eigenvalue weighted by Crippen LogP contribution is -2.13. The lowest BCUT2D eigenvalue weighted by molar-refractivity contribution is -0.383. The molecule has 25 heavy (non-hydrogen) atoms. The number of pyridine rings is 1. The molecule has 120 valence electrons. The van der Waals surface area contributed by atoms with Crippen LogP contribution in [-0.4, -0.2) is 14.3 Å². The first-order valence-corrected chi connectivity index (χ1v) is 7.88. The molecule has 0 aliphatic heterocycles. The van der Waals surface area contributed by atoms with Crippen molar-refractivity contribution in [1.82, 2.24) is 9.38 Å². The fourth-order valence-corrected chi connectivity index (χ4v) is 3.71. The molecule has 0 saturated carbocycles. The summed E-state index contributed by atoms with van der Waals surface area (Å²) < 4.78 is 1.33. The highest BCUT2D eigenvalue weighted by molar-refractivity contribution is 6.37. The number of aromatic nitrogens is 2. The summed E-state index contributed by atoms with van der Waals surface area (Å²) in [6.07, 6.45) is 0. The van der Waals surface area contributed by atoms with Gasteiger partial charge in [-0.15, -0.1) is 0 Å². The van der Waals surface area contributed by atoms with E-state index in [1.54, 1.807) is 36.4 Å². The van der Waals surface area contributed by atoms with E-state index in [0.717, 1.165) is 16.2 Å². The number of benzene rings is 3. The Bertz CT molecular complexity index is 1410. The molecule has 5 aromatic rings. The monoisotopic (exact) mass is 349 g/mol. The van der Waals surface area contributed by atoms with E-state index in [1.807, 2.05) is 6.07 Å². The van der Waals surface area contributed by atoms with Crippen molar-refractivity contribution < 1.29 is 4.92 Å². The predicted molar refractivity (Wildman–Crippen MR) is 96.8 cm³/mol. The number of hydrogen-bond donors (Lipinski definition) is 0. The van der Waals surface area contributed by atoms with Gasteiger partial charge in [0, 0.05) is 32.6 Å². The Morgan fingerprint density at radius 2 is 1.76 bits per heavy atom. The van der Waals surface area contributed by atoms with E-state index in [2.05, 4.69) is 4.98 Å². The minimum atomic E-state index is -0.497. The molecule has 2 heterocycles. The summed E-state index contributed by atoms with van der Waals surface area (Å²) in [6, 6.07) is 13.5. The van der Waals surface area contributed by atoms with Crippen LogP contribution in [-0.2, 0) is 0 Å². The summed E-state index contributed by atoms with van der Waals surface area (Å²) in [7, 11) is 0. The van der Waals surface area contributed by atoms with Gasteiger partial charge in [-0.1, -0.05) is 29.8 Å². The van der Waals surface area contributed by atoms with Gasteiger partial charge in [0.2, 0.25) is 0 Å². The average molecular weight is 350 g/mol. The normalized spacial score (nSPS) is 11.9. The molecule has 0 spiro atoms. The zero-order chi connectivity index (χ0) is 17.3.